The molecule has 27 heavy (non-hydrogen) atoms. The van der Waals surface area contributed by atoms with E-state index in [0.29, 0.717) is 0 Å². The molecule has 1 N–H and O–H groups in total. The summed E-state index contributed by atoms with van der Waals surface area (Å²) in [6.07, 6.45) is 1.05. The number of para-hydroxylation sites is 1. The zero-order valence-corrected chi connectivity index (χ0v) is 17.0. The van der Waals surface area contributed by atoms with E-state index in [1.807, 2.05) is 48.5 Å². The number of hydrogen-bond acceptors (Lipinski definition) is 3. The zero-order chi connectivity index (χ0) is 18.9. The molecule has 0 aromatic heterocycles. The second kappa shape index (κ2) is 10.6. The first kappa shape index (κ1) is 20.1. The van der Waals surface area contributed by atoms with Gasteiger partial charge >= 0.3 is 0 Å². The summed E-state index contributed by atoms with van der Waals surface area (Å²) in [6.45, 7) is 6.39. The summed E-state index contributed by atoms with van der Waals surface area (Å²) in [7, 11) is 0. The van der Waals surface area contributed by atoms with Gasteiger partial charge in [0, 0.05) is 43.4 Å². The molecule has 0 bridgehead atoms. The third-order valence-electron chi connectivity index (χ3n) is 4.58. The first-order valence-corrected chi connectivity index (χ1v) is 10.1. The van der Waals surface area contributed by atoms with Gasteiger partial charge in [-0.3, -0.25) is 4.90 Å². The van der Waals surface area contributed by atoms with E-state index in [1.165, 1.54) is 0 Å². The minimum atomic E-state index is 0.738. The van der Waals surface area contributed by atoms with Crippen molar-refractivity contribution in [3.63, 3.8) is 0 Å². The molecule has 1 aliphatic heterocycles. The summed E-state index contributed by atoms with van der Waals surface area (Å²) >= 11 is 11.9. The van der Waals surface area contributed by atoms with Gasteiger partial charge in [-0.05, 0) is 48.5 Å². The second-order valence-electron chi connectivity index (χ2n) is 6.66. The number of anilines is 1. The van der Waals surface area contributed by atoms with Crippen molar-refractivity contribution in [2.45, 2.75) is 13.0 Å². The molecule has 0 saturated carbocycles. The highest BCUT2D eigenvalue weighted by molar-refractivity contribution is 7.80. The lowest BCUT2D eigenvalue weighted by atomic mass is 10.2. The van der Waals surface area contributed by atoms with E-state index < -0.39 is 0 Å². The van der Waals surface area contributed by atoms with Crippen LogP contribution >= 0.6 is 23.8 Å². The van der Waals surface area contributed by atoms with E-state index in [9.17, 15) is 0 Å². The van der Waals surface area contributed by atoms with Crippen molar-refractivity contribution in [3.05, 3.63) is 65.2 Å². The smallest absolute Gasteiger partial charge is 0.173 e. The van der Waals surface area contributed by atoms with E-state index >= 15 is 0 Å². The van der Waals surface area contributed by atoms with Gasteiger partial charge in [0.2, 0.25) is 0 Å². The van der Waals surface area contributed by atoms with Crippen LogP contribution in [0.15, 0.2) is 54.6 Å². The number of hydrogen-bond donors (Lipinski definition) is 1. The Morgan fingerprint density at radius 3 is 2.63 bits per heavy atom. The molecule has 4 nitrogen and oxygen atoms in total. The van der Waals surface area contributed by atoms with Crippen molar-refractivity contribution in [2.24, 2.45) is 0 Å². The topological polar surface area (TPSA) is 27.7 Å². The molecule has 0 unspecified atom stereocenters. The number of thiocarbonyl (C=S) groups is 1. The Hall–Kier alpha value is -1.66. The Balaban J connectivity index is 1.60. The fraction of sp³-hybridized carbons (Fsp3) is 0.381. The zero-order valence-electron chi connectivity index (χ0n) is 15.4. The minimum Gasteiger partial charge on any atom is -0.379 e. The van der Waals surface area contributed by atoms with Crippen LogP contribution in [-0.2, 0) is 11.3 Å². The molecule has 1 saturated heterocycles. The van der Waals surface area contributed by atoms with Crippen LogP contribution in [0.5, 0.6) is 0 Å². The van der Waals surface area contributed by atoms with E-state index in [-0.39, 0.29) is 0 Å². The number of ether oxygens (including phenoxy) is 1. The van der Waals surface area contributed by atoms with Crippen LogP contribution in [0, 0.1) is 0 Å². The largest absolute Gasteiger partial charge is 0.379 e. The van der Waals surface area contributed by atoms with Gasteiger partial charge in [-0.15, -0.1) is 0 Å². The number of nitrogens with zero attached hydrogens (tertiary/aromatic N) is 2. The summed E-state index contributed by atoms with van der Waals surface area (Å²) in [5.74, 6) is 0. The molecule has 2 aromatic rings. The molecule has 3 rings (SSSR count). The van der Waals surface area contributed by atoms with Gasteiger partial charge < -0.3 is 15.0 Å². The number of halogens is 1. The summed E-state index contributed by atoms with van der Waals surface area (Å²) in [5.41, 5.74) is 2.16. The van der Waals surface area contributed by atoms with E-state index in [0.717, 1.165) is 73.7 Å². The van der Waals surface area contributed by atoms with Crippen LogP contribution in [0.3, 0.4) is 0 Å². The van der Waals surface area contributed by atoms with Crippen LogP contribution < -0.4 is 5.32 Å². The molecule has 1 heterocycles. The third kappa shape index (κ3) is 6.78. The van der Waals surface area contributed by atoms with Gasteiger partial charge in [0.1, 0.15) is 0 Å². The second-order valence-corrected chi connectivity index (χ2v) is 7.48. The first-order chi connectivity index (χ1) is 13.2. The molecule has 0 atom stereocenters. The number of morpholine rings is 1. The van der Waals surface area contributed by atoms with E-state index in [4.69, 9.17) is 28.6 Å². The molecule has 0 amide bonds. The van der Waals surface area contributed by atoms with Gasteiger partial charge in [0.05, 0.1) is 13.2 Å². The maximum absolute atomic E-state index is 6.16. The lowest BCUT2D eigenvalue weighted by molar-refractivity contribution is 0.0368. The fourth-order valence-corrected chi connectivity index (χ4v) is 3.63. The Morgan fingerprint density at radius 2 is 1.89 bits per heavy atom. The minimum absolute atomic E-state index is 0.738. The van der Waals surface area contributed by atoms with Crippen molar-refractivity contribution >= 4 is 34.6 Å². The van der Waals surface area contributed by atoms with Gasteiger partial charge in [-0.1, -0.05) is 41.9 Å². The van der Waals surface area contributed by atoms with Gasteiger partial charge in [-0.2, -0.15) is 0 Å². The van der Waals surface area contributed by atoms with Crippen LogP contribution in [-0.4, -0.2) is 54.3 Å². The molecule has 0 aliphatic carbocycles. The predicted octanol–water partition coefficient (Wildman–Crippen LogP) is 4.26. The van der Waals surface area contributed by atoms with Crippen molar-refractivity contribution in [3.8, 4) is 0 Å². The van der Waals surface area contributed by atoms with Crippen molar-refractivity contribution in [2.75, 3.05) is 44.7 Å². The number of nitrogens with one attached hydrogen (secondary N) is 1. The van der Waals surface area contributed by atoms with Crippen molar-refractivity contribution < 1.29 is 4.74 Å². The van der Waals surface area contributed by atoms with E-state index in [1.54, 1.807) is 0 Å². The number of benzene rings is 2. The van der Waals surface area contributed by atoms with Crippen LogP contribution in [0.4, 0.5) is 5.69 Å². The van der Waals surface area contributed by atoms with Gasteiger partial charge in [-0.25, -0.2) is 0 Å². The molecule has 0 spiro atoms. The molecule has 0 radical (unpaired) electrons. The van der Waals surface area contributed by atoms with Crippen LogP contribution in [0.25, 0.3) is 0 Å². The maximum atomic E-state index is 6.16. The SMILES string of the molecule is S=C(Nc1ccccc1)N(CCCN1CCOCC1)Cc1cccc(Cl)c1. The lowest BCUT2D eigenvalue weighted by Gasteiger charge is -2.29. The normalized spacial score (nSPS) is 14.7. The molecule has 144 valence electrons. The Labute approximate surface area is 172 Å². The molecule has 6 heteroatoms. The Morgan fingerprint density at radius 1 is 1.11 bits per heavy atom. The fourth-order valence-electron chi connectivity index (χ4n) is 3.14. The highest BCUT2D eigenvalue weighted by Gasteiger charge is 2.14. The number of rotatable bonds is 7. The summed E-state index contributed by atoms with van der Waals surface area (Å²) in [5, 5.41) is 4.85. The molecule has 1 aliphatic rings. The molecule has 1 fully saturated rings. The molecule has 2 aromatic carbocycles. The summed E-state index contributed by atoms with van der Waals surface area (Å²) < 4.78 is 5.43. The van der Waals surface area contributed by atoms with Gasteiger partial charge in [0.25, 0.3) is 0 Å². The summed E-state index contributed by atoms with van der Waals surface area (Å²) in [4.78, 5) is 4.67. The van der Waals surface area contributed by atoms with Crippen molar-refractivity contribution in [1.29, 1.82) is 0 Å². The summed E-state index contributed by atoms with van der Waals surface area (Å²) in [6, 6.07) is 18.0. The van der Waals surface area contributed by atoms with E-state index in [2.05, 4.69) is 21.2 Å². The highest BCUT2D eigenvalue weighted by Crippen LogP contribution is 2.15. The maximum Gasteiger partial charge on any atom is 0.173 e. The molecular weight excluding hydrogens is 378 g/mol. The third-order valence-corrected chi connectivity index (χ3v) is 5.18. The average molecular weight is 404 g/mol. The average Bonchev–Trinajstić information content (AvgIpc) is 2.69. The highest BCUT2D eigenvalue weighted by atomic mass is 35.5. The standard InChI is InChI=1S/C21H26ClN3OS/c22-19-7-4-6-18(16-19)17-25(11-5-10-24-12-14-26-15-13-24)21(27)23-20-8-2-1-3-9-20/h1-4,6-9,16H,5,10-15,17H2,(H,23,27). The van der Waals surface area contributed by atoms with Crippen LogP contribution in [0.1, 0.15) is 12.0 Å². The van der Waals surface area contributed by atoms with Gasteiger partial charge in [0.15, 0.2) is 5.11 Å². The van der Waals surface area contributed by atoms with Crippen LogP contribution in [0.2, 0.25) is 5.02 Å². The molecular formula is C21H26ClN3OS. The Kier molecular flexibility index (Phi) is 7.90. The monoisotopic (exact) mass is 403 g/mol. The predicted molar refractivity (Wildman–Crippen MR) is 116 cm³/mol. The lowest BCUT2D eigenvalue weighted by Crippen LogP contribution is -2.40. The quantitative estimate of drug-likeness (QED) is 0.697. The van der Waals surface area contributed by atoms with Crippen molar-refractivity contribution in [1.82, 2.24) is 9.80 Å². The Bertz CT molecular complexity index is 722. The first-order valence-electron chi connectivity index (χ1n) is 9.36.